The van der Waals surface area contributed by atoms with E-state index >= 15 is 0 Å². The minimum atomic E-state index is -0.162. The maximum absolute atomic E-state index is 12.4. The summed E-state index contributed by atoms with van der Waals surface area (Å²) in [6, 6.07) is 7.39. The van der Waals surface area contributed by atoms with E-state index in [1.54, 1.807) is 17.3 Å². The number of nitrogens with zero attached hydrogens (tertiary/aromatic N) is 2. The average molecular weight is 344 g/mol. The van der Waals surface area contributed by atoms with Crippen molar-refractivity contribution < 1.29 is 9.59 Å². The Bertz CT molecular complexity index is 675. The summed E-state index contributed by atoms with van der Waals surface area (Å²) in [5.41, 5.74) is 0.967. The molecule has 2 aromatic heterocycles. The Morgan fingerprint density at radius 2 is 2.25 bits per heavy atom. The minimum absolute atomic E-state index is 0.00697. The summed E-state index contributed by atoms with van der Waals surface area (Å²) in [5, 5.41) is 8.55. The molecule has 3 amide bonds. The summed E-state index contributed by atoms with van der Waals surface area (Å²) in [6.45, 7) is 1.60. The number of thiophene rings is 1. The summed E-state index contributed by atoms with van der Waals surface area (Å²) >= 11 is 1.48. The Kier molecular flexibility index (Phi) is 5.43. The number of piperidine rings is 1. The van der Waals surface area contributed by atoms with Gasteiger partial charge in [-0.15, -0.1) is 11.3 Å². The van der Waals surface area contributed by atoms with Gasteiger partial charge in [0, 0.05) is 32.0 Å². The highest BCUT2D eigenvalue weighted by molar-refractivity contribution is 7.14. The molecule has 1 atom stereocenters. The average Bonchev–Trinajstić information content (AvgIpc) is 3.13. The van der Waals surface area contributed by atoms with E-state index < -0.39 is 0 Å². The van der Waals surface area contributed by atoms with Crippen LogP contribution in [-0.2, 0) is 11.3 Å². The lowest BCUT2D eigenvalue weighted by molar-refractivity contribution is -0.126. The molecule has 0 aromatic carbocycles. The highest BCUT2D eigenvalue weighted by atomic mass is 32.1. The first kappa shape index (κ1) is 16.4. The highest BCUT2D eigenvalue weighted by Gasteiger charge is 2.28. The molecule has 0 aliphatic carbocycles. The zero-order valence-electron chi connectivity index (χ0n) is 13.3. The number of likely N-dealkylation sites (tertiary alicyclic amines) is 1. The second kappa shape index (κ2) is 7.92. The molecular formula is C17H20N4O2S. The molecule has 3 rings (SSSR count). The molecule has 2 aromatic rings. The second-order valence-corrected chi connectivity index (χ2v) is 6.72. The largest absolute Gasteiger partial charge is 0.352 e. The van der Waals surface area contributed by atoms with Gasteiger partial charge in [0.15, 0.2) is 0 Å². The first-order valence-corrected chi connectivity index (χ1v) is 8.86. The molecule has 2 N–H and O–H groups in total. The molecule has 7 heteroatoms. The lowest BCUT2D eigenvalue weighted by Crippen LogP contribution is -2.46. The third kappa shape index (κ3) is 4.32. The molecule has 1 aliphatic rings. The third-order valence-corrected chi connectivity index (χ3v) is 4.81. The van der Waals surface area contributed by atoms with Gasteiger partial charge in [0.1, 0.15) is 0 Å². The quantitative estimate of drug-likeness (QED) is 0.895. The Morgan fingerprint density at radius 3 is 3.00 bits per heavy atom. The van der Waals surface area contributed by atoms with E-state index in [4.69, 9.17) is 0 Å². The first-order valence-electron chi connectivity index (χ1n) is 7.98. The first-order chi connectivity index (χ1) is 11.7. The fourth-order valence-electron chi connectivity index (χ4n) is 2.75. The summed E-state index contributed by atoms with van der Waals surface area (Å²) in [7, 11) is 0. The zero-order chi connectivity index (χ0) is 16.8. The van der Waals surface area contributed by atoms with Gasteiger partial charge in [-0.25, -0.2) is 4.79 Å². The van der Waals surface area contributed by atoms with Crippen LogP contribution in [0.3, 0.4) is 0 Å². The van der Waals surface area contributed by atoms with Crippen LogP contribution in [0.5, 0.6) is 0 Å². The molecule has 6 nitrogen and oxygen atoms in total. The van der Waals surface area contributed by atoms with Crippen molar-refractivity contribution in [1.29, 1.82) is 0 Å². The van der Waals surface area contributed by atoms with Gasteiger partial charge >= 0.3 is 6.03 Å². The molecule has 1 unspecified atom stereocenters. The number of pyridine rings is 1. The fourth-order valence-corrected chi connectivity index (χ4v) is 3.35. The van der Waals surface area contributed by atoms with Gasteiger partial charge in [0.05, 0.1) is 10.9 Å². The van der Waals surface area contributed by atoms with Crippen LogP contribution in [0.1, 0.15) is 18.4 Å². The smallest absolute Gasteiger partial charge is 0.322 e. The van der Waals surface area contributed by atoms with Crippen LogP contribution in [0, 0.1) is 5.92 Å². The number of amides is 3. The van der Waals surface area contributed by atoms with Gasteiger partial charge in [0.2, 0.25) is 5.91 Å². The number of carbonyl (C=O) groups excluding carboxylic acids is 2. The topological polar surface area (TPSA) is 74.3 Å². The van der Waals surface area contributed by atoms with Crippen molar-refractivity contribution in [2.75, 3.05) is 18.4 Å². The molecule has 0 saturated carbocycles. The van der Waals surface area contributed by atoms with E-state index in [9.17, 15) is 9.59 Å². The maximum Gasteiger partial charge on any atom is 0.322 e. The predicted octanol–water partition coefficient (Wildman–Crippen LogP) is 2.70. The fraction of sp³-hybridized carbons (Fsp3) is 0.353. The Labute approximate surface area is 144 Å². The maximum atomic E-state index is 12.4. The van der Waals surface area contributed by atoms with Gasteiger partial charge < -0.3 is 10.2 Å². The monoisotopic (exact) mass is 344 g/mol. The van der Waals surface area contributed by atoms with Crippen molar-refractivity contribution in [3.05, 3.63) is 47.6 Å². The highest BCUT2D eigenvalue weighted by Crippen LogP contribution is 2.20. The third-order valence-electron chi connectivity index (χ3n) is 4.02. The molecule has 1 fully saturated rings. The van der Waals surface area contributed by atoms with Crippen LogP contribution >= 0.6 is 11.3 Å². The molecule has 24 heavy (non-hydrogen) atoms. The molecule has 1 saturated heterocycles. The van der Waals surface area contributed by atoms with Gasteiger partial charge in [-0.3, -0.25) is 15.1 Å². The van der Waals surface area contributed by atoms with Crippen molar-refractivity contribution in [3.63, 3.8) is 0 Å². The Balaban J connectivity index is 1.51. The Morgan fingerprint density at radius 1 is 1.33 bits per heavy atom. The van der Waals surface area contributed by atoms with E-state index in [0.717, 1.165) is 23.4 Å². The van der Waals surface area contributed by atoms with E-state index in [2.05, 4.69) is 15.6 Å². The molecule has 1 aliphatic heterocycles. The number of hydrogen-bond donors (Lipinski definition) is 2. The van der Waals surface area contributed by atoms with Gasteiger partial charge in [-0.2, -0.15) is 0 Å². The van der Waals surface area contributed by atoms with Crippen LogP contribution in [0.2, 0.25) is 0 Å². The van der Waals surface area contributed by atoms with E-state index in [-0.39, 0.29) is 17.9 Å². The number of aromatic nitrogens is 1. The van der Waals surface area contributed by atoms with Crippen LogP contribution in [-0.4, -0.2) is 34.9 Å². The van der Waals surface area contributed by atoms with Crippen molar-refractivity contribution in [1.82, 2.24) is 15.2 Å². The van der Waals surface area contributed by atoms with Crippen molar-refractivity contribution in [2.45, 2.75) is 19.4 Å². The number of hydrogen-bond acceptors (Lipinski definition) is 4. The van der Waals surface area contributed by atoms with Crippen molar-refractivity contribution in [2.24, 2.45) is 5.92 Å². The van der Waals surface area contributed by atoms with E-state index in [1.165, 1.54) is 11.3 Å². The molecule has 0 bridgehead atoms. The van der Waals surface area contributed by atoms with Crippen LogP contribution < -0.4 is 10.6 Å². The number of anilines is 1. The number of rotatable bonds is 4. The van der Waals surface area contributed by atoms with Crippen LogP contribution in [0.4, 0.5) is 9.80 Å². The predicted molar refractivity (Wildman–Crippen MR) is 93.7 cm³/mol. The number of urea groups is 1. The molecular weight excluding hydrogens is 324 g/mol. The van der Waals surface area contributed by atoms with E-state index in [1.807, 2.05) is 29.6 Å². The van der Waals surface area contributed by atoms with Gasteiger partial charge in [-0.1, -0.05) is 6.07 Å². The molecule has 0 spiro atoms. The summed E-state index contributed by atoms with van der Waals surface area (Å²) < 4.78 is 0. The van der Waals surface area contributed by atoms with E-state index in [0.29, 0.717) is 19.6 Å². The Hall–Kier alpha value is -2.41. The summed E-state index contributed by atoms with van der Waals surface area (Å²) in [4.78, 5) is 30.4. The van der Waals surface area contributed by atoms with Crippen LogP contribution in [0.15, 0.2) is 42.0 Å². The standard InChI is InChI=1S/C17H20N4O2S/c22-16(19-11-13-4-1-7-18-10-13)14-5-2-8-21(12-14)17(23)20-15-6-3-9-24-15/h1,3-4,6-7,9-10,14H,2,5,8,11-12H2,(H,19,22)(H,20,23). The minimum Gasteiger partial charge on any atom is -0.352 e. The number of carbonyl (C=O) groups is 2. The van der Waals surface area contributed by atoms with Crippen molar-refractivity contribution >= 4 is 28.3 Å². The molecule has 0 radical (unpaired) electrons. The zero-order valence-corrected chi connectivity index (χ0v) is 14.1. The normalized spacial score (nSPS) is 17.3. The second-order valence-electron chi connectivity index (χ2n) is 5.77. The van der Waals surface area contributed by atoms with Crippen LogP contribution in [0.25, 0.3) is 0 Å². The van der Waals surface area contributed by atoms with Gasteiger partial charge in [-0.05, 0) is 42.0 Å². The van der Waals surface area contributed by atoms with Crippen molar-refractivity contribution in [3.8, 4) is 0 Å². The molecule has 126 valence electrons. The SMILES string of the molecule is O=C(NCc1cccnc1)C1CCCN(C(=O)Nc2cccs2)C1. The summed E-state index contributed by atoms with van der Waals surface area (Å²) in [6.07, 6.45) is 5.09. The molecule has 3 heterocycles. The lowest BCUT2D eigenvalue weighted by Gasteiger charge is -2.31. The summed E-state index contributed by atoms with van der Waals surface area (Å²) in [5.74, 6) is -0.169. The number of nitrogens with one attached hydrogen (secondary N) is 2. The lowest BCUT2D eigenvalue weighted by atomic mass is 9.97. The van der Waals surface area contributed by atoms with Gasteiger partial charge in [0.25, 0.3) is 0 Å².